The second-order valence-electron chi connectivity index (χ2n) is 5.27. The molecule has 22 heavy (non-hydrogen) atoms. The van der Waals surface area contributed by atoms with Crippen molar-refractivity contribution in [3.05, 3.63) is 84.2 Å². The van der Waals surface area contributed by atoms with E-state index < -0.39 is 0 Å². The molecule has 0 aliphatic carbocycles. The van der Waals surface area contributed by atoms with Gasteiger partial charge in [0.1, 0.15) is 5.82 Å². The van der Waals surface area contributed by atoms with Gasteiger partial charge < -0.3 is 9.88 Å². The van der Waals surface area contributed by atoms with Gasteiger partial charge in [0, 0.05) is 25.0 Å². The molecule has 112 valence electrons. The van der Waals surface area contributed by atoms with Crippen molar-refractivity contribution in [3.63, 3.8) is 0 Å². The van der Waals surface area contributed by atoms with Gasteiger partial charge in [0.15, 0.2) is 0 Å². The number of imidazole rings is 1. The van der Waals surface area contributed by atoms with Gasteiger partial charge in [0.05, 0.1) is 12.0 Å². The Labute approximate surface area is 129 Å². The van der Waals surface area contributed by atoms with Gasteiger partial charge in [-0.05, 0) is 30.2 Å². The van der Waals surface area contributed by atoms with Crippen LogP contribution in [0.3, 0.4) is 0 Å². The summed E-state index contributed by atoms with van der Waals surface area (Å²) in [6, 6.07) is 15.7. The van der Waals surface area contributed by atoms with Crippen molar-refractivity contribution >= 4 is 0 Å². The Balaban J connectivity index is 1.68. The van der Waals surface area contributed by atoms with Crippen molar-refractivity contribution in [2.45, 2.75) is 19.5 Å². The maximum atomic E-state index is 14.2. The summed E-state index contributed by atoms with van der Waals surface area (Å²) >= 11 is 0. The Bertz CT molecular complexity index is 723. The first-order chi connectivity index (χ1) is 10.7. The van der Waals surface area contributed by atoms with Crippen molar-refractivity contribution in [2.24, 2.45) is 0 Å². The molecule has 1 heterocycles. The summed E-state index contributed by atoms with van der Waals surface area (Å²) < 4.78 is 15.9. The van der Waals surface area contributed by atoms with Crippen LogP contribution in [0.2, 0.25) is 0 Å². The van der Waals surface area contributed by atoms with Crippen LogP contribution in [0, 0.1) is 5.82 Å². The summed E-state index contributed by atoms with van der Waals surface area (Å²) in [5.41, 5.74) is 2.65. The van der Waals surface area contributed by atoms with Crippen LogP contribution in [0.15, 0.2) is 67.3 Å². The second-order valence-corrected chi connectivity index (χ2v) is 5.27. The molecule has 0 amide bonds. The van der Waals surface area contributed by atoms with Gasteiger partial charge in [-0.3, -0.25) is 0 Å². The molecule has 0 fully saturated rings. The third kappa shape index (κ3) is 3.23. The average Bonchev–Trinajstić information content (AvgIpc) is 3.07. The van der Waals surface area contributed by atoms with E-state index in [1.54, 1.807) is 35.4 Å². The fourth-order valence-corrected chi connectivity index (χ4v) is 2.40. The van der Waals surface area contributed by atoms with E-state index >= 15 is 0 Å². The molecular weight excluding hydrogens is 277 g/mol. The summed E-state index contributed by atoms with van der Waals surface area (Å²) in [6.07, 6.45) is 4.96. The standard InChI is InChI=1S/C18H18FN3/c1-14(16-5-3-2-4-6-16)21-12-15-7-8-18(17(19)11-15)22-10-9-20-13-22/h2-11,13-14,21H,12H2,1H3. The molecule has 1 N–H and O–H groups in total. The fourth-order valence-electron chi connectivity index (χ4n) is 2.40. The van der Waals surface area contributed by atoms with Crippen molar-refractivity contribution < 1.29 is 4.39 Å². The summed E-state index contributed by atoms with van der Waals surface area (Å²) in [6.45, 7) is 2.72. The van der Waals surface area contributed by atoms with Gasteiger partial charge in [0.2, 0.25) is 0 Å². The van der Waals surface area contributed by atoms with Crippen LogP contribution >= 0.6 is 0 Å². The fraction of sp³-hybridized carbons (Fsp3) is 0.167. The molecule has 2 aromatic carbocycles. The summed E-state index contributed by atoms with van der Waals surface area (Å²) in [5, 5.41) is 3.41. The molecule has 0 spiro atoms. The lowest BCUT2D eigenvalue weighted by Crippen LogP contribution is -2.18. The van der Waals surface area contributed by atoms with Crippen LogP contribution in [0.5, 0.6) is 0 Å². The third-order valence-electron chi connectivity index (χ3n) is 3.71. The number of halogens is 1. The smallest absolute Gasteiger partial charge is 0.147 e. The highest BCUT2D eigenvalue weighted by molar-refractivity contribution is 5.36. The van der Waals surface area contributed by atoms with Crippen molar-refractivity contribution in [3.8, 4) is 5.69 Å². The van der Waals surface area contributed by atoms with E-state index in [-0.39, 0.29) is 11.9 Å². The van der Waals surface area contributed by atoms with E-state index in [0.717, 1.165) is 5.56 Å². The zero-order chi connectivity index (χ0) is 15.4. The monoisotopic (exact) mass is 295 g/mol. The maximum Gasteiger partial charge on any atom is 0.147 e. The molecule has 1 atom stereocenters. The molecule has 3 nitrogen and oxygen atoms in total. The molecule has 0 radical (unpaired) electrons. The molecule has 4 heteroatoms. The first kappa shape index (κ1) is 14.5. The van der Waals surface area contributed by atoms with Crippen molar-refractivity contribution in [1.29, 1.82) is 0 Å². The lowest BCUT2D eigenvalue weighted by Gasteiger charge is -2.14. The maximum absolute atomic E-state index is 14.2. The summed E-state index contributed by atoms with van der Waals surface area (Å²) in [5.74, 6) is -0.246. The zero-order valence-corrected chi connectivity index (χ0v) is 12.4. The minimum absolute atomic E-state index is 0.220. The number of rotatable bonds is 5. The summed E-state index contributed by atoms with van der Waals surface area (Å²) in [7, 11) is 0. The number of hydrogen-bond acceptors (Lipinski definition) is 2. The Morgan fingerprint density at radius 2 is 2.00 bits per heavy atom. The number of hydrogen-bond donors (Lipinski definition) is 1. The third-order valence-corrected chi connectivity index (χ3v) is 3.71. The lowest BCUT2D eigenvalue weighted by atomic mass is 10.1. The van der Waals surface area contributed by atoms with Gasteiger partial charge in [-0.1, -0.05) is 36.4 Å². The molecule has 1 unspecified atom stereocenters. The van der Waals surface area contributed by atoms with Gasteiger partial charge in [-0.15, -0.1) is 0 Å². The van der Waals surface area contributed by atoms with Gasteiger partial charge >= 0.3 is 0 Å². The predicted octanol–water partition coefficient (Wildman–Crippen LogP) is 3.86. The quantitative estimate of drug-likeness (QED) is 0.774. The van der Waals surface area contributed by atoms with E-state index in [2.05, 4.69) is 29.4 Å². The minimum atomic E-state index is -0.246. The molecule has 0 aliphatic heterocycles. The lowest BCUT2D eigenvalue weighted by molar-refractivity contribution is 0.568. The van der Waals surface area contributed by atoms with Gasteiger partial charge in [-0.25, -0.2) is 9.37 Å². The van der Waals surface area contributed by atoms with Crippen LogP contribution < -0.4 is 5.32 Å². The Hall–Kier alpha value is -2.46. The molecule has 1 aromatic heterocycles. The molecule has 0 saturated heterocycles. The number of benzene rings is 2. The largest absolute Gasteiger partial charge is 0.306 e. The number of nitrogens with zero attached hydrogens (tertiary/aromatic N) is 2. The van der Waals surface area contributed by atoms with Gasteiger partial charge in [-0.2, -0.15) is 0 Å². The Kier molecular flexibility index (Phi) is 4.30. The van der Waals surface area contributed by atoms with E-state index in [1.165, 1.54) is 5.56 Å². The zero-order valence-electron chi connectivity index (χ0n) is 12.4. The van der Waals surface area contributed by atoms with E-state index in [9.17, 15) is 4.39 Å². The second kappa shape index (κ2) is 6.54. The number of nitrogens with one attached hydrogen (secondary N) is 1. The molecule has 3 aromatic rings. The minimum Gasteiger partial charge on any atom is -0.306 e. The first-order valence-electron chi connectivity index (χ1n) is 7.29. The summed E-state index contributed by atoms with van der Waals surface area (Å²) in [4.78, 5) is 3.94. The molecule has 0 saturated carbocycles. The highest BCUT2D eigenvalue weighted by atomic mass is 19.1. The van der Waals surface area contributed by atoms with Crippen LogP contribution in [0.1, 0.15) is 24.1 Å². The Morgan fingerprint density at radius 3 is 2.68 bits per heavy atom. The van der Waals surface area contributed by atoms with Crippen LogP contribution in [-0.2, 0) is 6.54 Å². The van der Waals surface area contributed by atoms with Crippen LogP contribution in [0.25, 0.3) is 5.69 Å². The molecule has 0 bridgehead atoms. The molecule has 0 aliphatic rings. The van der Waals surface area contributed by atoms with Gasteiger partial charge in [0.25, 0.3) is 0 Å². The first-order valence-corrected chi connectivity index (χ1v) is 7.29. The molecular formula is C18H18FN3. The van der Waals surface area contributed by atoms with Crippen LogP contribution in [-0.4, -0.2) is 9.55 Å². The predicted molar refractivity (Wildman–Crippen MR) is 85.2 cm³/mol. The van der Waals surface area contributed by atoms with E-state index in [0.29, 0.717) is 12.2 Å². The SMILES string of the molecule is CC(NCc1ccc(-n2ccnc2)c(F)c1)c1ccccc1. The van der Waals surface area contributed by atoms with Crippen LogP contribution in [0.4, 0.5) is 4.39 Å². The number of aromatic nitrogens is 2. The van der Waals surface area contributed by atoms with Crippen molar-refractivity contribution in [2.75, 3.05) is 0 Å². The van der Waals surface area contributed by atoms with E-state index in [1.807, 2.05) is 24.3 Å². The highest BCUT2D eigenvalue weighted by Gasteiger charge is 2.07. The topological polar surface area (TPSA) is 29.9 Å². The highest BCUT2D eigenvalue weighted by Crippen LogP contribution is 2.16. The molecule has 3 rings (SSSR count). The normalized spacial score (nSPS) is 12.3. The average molecular weight is 295 g/mol. The Morgan fingerprint density at radius 1 is 1.18 bits per heavy atom. The van der Waals surface area contributed by atoms with E-state index in [4.69, 9.17) is 0 Å². The van der Waals surface area contributed by atoms with Crippen molar-refractivity contribution in [1.82, 2.24) is 14.9 Å².